The zero-order chi connectivity index (χ0) is 14.7. The van der Waals surface area contributed by atoms with Gasteiger partial charge in [-0.2, -0.15) is 0 Å². The van der Waals surface area contributed by atoms with Gasteiger partial charge in [0.25, 0.3) is 0 Å². The number of aromatic amines is 1. The fourth-order valence-electron chi connectivity index (χ4n) is 2.24. The average molecular weight is 273 g/mol. The minimum atomic E-state index is -0.632. The maximum atomic E-state index is 12.0. The Morgan fingerprint density at radius 3 is 2.65 bits per heavy atom. The lowest BCUT2D eigenvalue weighted by molar-refractivity contribution is -0.127. The predicted octanol–water partition coefficient (Wildman–Crippen LogP) is 1.34. The van der Waals surface area contributed by atoms with Crippen LogP contribution in [0.2, 0.25) is 0 Å². The number of amides is 2. The van der Waals surface area contributed by atoms with E-state index in [2.05, 4.69) is 10.3 Å². The number of aromatic nitrogens is 1. The Kier molecular flexibility index (Phi) is 4.08. The molecule has 0 fully saturated rings. The number of nitrogens with two attached hydrogens (primary N) is 1. The maximum absolute atomic E-state index is 12.0. The van der Waals surface area contributed by atoms with Crippen molar-refractivity contribution in [1.29, 1.82) is 0 Å². The van der Waals surface area contributed by atoms with Crippen molar-refractivity contribution < 1.29 is 9.59 Å². The molecule has 1 aromatic carbocycles. The summed E-state index contributed by atoms with van der Waals surface area (Å²) in [6, 6.07) is 7.15. The number of carbonyl (C=O) groups is 2. The van der Waals surface area contributed by atoms with Crippen molar-refractivity contribution >= 4 is 22.7 Å². The SMILES string of the molecule is CC(C)[C@H](NC(=O)Cc1c[nH]c2ccccc12)C(N)=O. The van der Waals surface area contributed by atoms with Crippen LogP contribution >= 0.6 is 0 Å². The second kappa shape index (κ2) is 5.77. The molecule has 0 bridgehead atoms. The first kappa shape index (κ1) is 14.1. The Balaban J connectivity index is 2.10. The number of hydrogen-bond donors (Lipinski definition) is 3. The van der Waals surface area contributed by atoms with E-state index in [4.69, 9.17) is 5.73 Å². The Bertz CT molecular complexity index is 631. The molecule has 106 valence electrons. The molecular weight excluding hydrogens is 254 g/mol. The zero-order valence-corrected chi connectivity index (χ0v) is 11.6. The van der Waals surface area contributed by atoms with Gasteiger partial charge in [0, 0.05) is 17.1 Å². The number of fused-ring (bicyclic) bond motifs is 1. The summed E-state index contributed by atoms with van der Waals surface area (Å²) in [4.78, 5) is 26.5. The molecule has 1 atom stereocenters. The smallest absolute Gasteiger partial charge is 0.240 e. The standard InChI is InChI=1S/C15H19N3O2/c1-9(2)14(15(16)20)18-13(19)7-10-8-17-12-6-4-3-5-11(10)12/h3-6,8-9,14,17H,7H2,1-2H3,(H2,16,20)(H,18,19)/t14-/m0/s1. The normalized spacial score (nSPS) is 12.6. The van der Waals surface area contributed by atoms with Gasteiger partial charge in [0.15, 0.2) is 0 Å². The lowest BCUT2D eigenvalue weighted by Gasteiger charge is -2.18. The first-order valence-corrected chi connectivity index (χ1v) is 6.62. The zero-order valence-electron chi connectivity index (χ0n) is 11.6. The third kappa shape index (κ3) is 2.99. The van der Waals surface area contributed by atoms with Crippen LogP contribution in [-0.4, -0.2) is 22.8 Å². The van der Waals surface area contributed by atoms with Gasteiger partial charge in [0.1, 0.15) is 6.04 Å². The van der Waals surface area contributed by atoms with Crippen LogP contribution in [0.3, 0.4) is 0 Å². The fourth-order valence-corrected chi connectivity index (χ4v) is 2.24. The van der Waals surface area contributed by atoms with E-state index >= 15 is 0 Å². The lowest BCUT2D eigenvalue weighted by atomic mass is 10.0. The fraction of sp³-hybridized carbons (Fsp3) is 0.333. The predicted molar refractivity (Wildman–Crippen MR) is 78.0 cm³/mol. The van der Waals surface area contributed by atoms with Gasteiger partial charge >= 0.3 is 0 Å². The first-order chi connectivity index (χ1) is 9.49. The Morgan fingerprint density at radius 2 is 2.00 bits per heavy atom. The first-order valence-electron chi connectivity index (χ1n) is 6.62. The van der Waals surface area contributed by atoms with Crippen LogP contribution in [0.1, 0.15) is 19.4 Å². The summed E-state index contributed by atoms with van der Waals surface area (Å²) in [5.74, 6) is -0.737. The van der Waals surface area contributed by atoms with Crippen LogP contribution in [0, 0.1) is 5.92 Å². The van der Waals surface area contributed by atoms with E-state index in [9.17, 15) is 9.59 Å². The molecule has 2 aromatic rings. The van der Waals surface area contributed by atoms with Gasteiger partial charge < -0.3 is 16.0 Å². The molecule has 0 aliphatic carbocycles. The molecule has 1 aromatic heterocycles. The average Bonchev–Trinajstić information content (AvgIpc) is 2.79. The number of carbonyl (C=O) groups excluding carboxylic acids is 2. The molecular formula is C15H19N3O2. The van der Waals surface area contributed by atoms with Crippen LogP contribution in [-0.2, 0) is 16.0 Å². The lowest BCUT2D eigenvalue weighted by Crippen LogP contribution is -2.48. The van der Waals surface area contributed by atoms with Crippen molar-refractivity contribution in [3.8, 4) is 0 Å². The molecule has 0 saturated carbocycles. The quantitative estimate of drug-likeness (QED) is 0.767. The molecule has 20 heavy (non-hydrogen) atoms. The Morgan fingerprint density at radius 1 is 1.30 bits per heavy atom. The number of para-hydroxylation sites is 1. The van der Waals surface area contributed by atoms with Gasteiger partial charge in [0.2, 0.25) is 11.8 Å². The highest BCUT2D eigenvalue weighted by Crippen LogP contribution is 2.18. The minimum Gasteiger partial charge on any atom is -0.368 e. The molecule has 0 spiro atoms. The minimum absolute atomic E-state index is 0.0283. The second-order valence-corrected chi connectivity index (χ2v) is 5.23. The topological polar surface area (TPSA) is 88.0 Å². The Hall–Kier alpha value is -2.30. The molecule has 2 amide bonds. The number of benzene rings is 1. The van der Waals surface area contributed by atoms with Crippen molar-refractivity contribution in [1.82, 2.24) is 10.3 Å². The number of nitrogens with one attached hydrogen (secondary N) is 2. The molecule has 2 rings (SSSR count). The van der Waals surface area contributed by atoms with Crippen molar-refractivity contribution in [3.63, 3.8) is 0 Å². The monoisotopic (exact) mass is 273 g/mol. The third-order valence-corrected chi connectivity index (χ3v) is 3.32. The van der Waals surface area contributed by atoms with Crippen molar-refractivity contribution in [2.45, 2.75) is 26.3 Å². The molecule has 0 aliphatic heterocycles. The van der Waals surface area contributed by atoms with E-state index < -0.39 is 11.9 Å². The van der Waals surface area contributed by atoms with Crippen molar-refractivity contribution in [2.75, 3.05) is 0 Å². The number of primary amides is 1. The summed E-state index contributed by atoms with van der Waals surface area (Å²) in [5.41, 5.74) is 7.19. The highest BCUT2D eigenvalue weighted by atomic mass is 16.2. The van der Waals surface area contributed by atoms with Crippen LogP contribution in [0.5, 0.6) is 0 Å². The molecule has 0 aliphatic rings. The molecule has 0 radical (unpaired) electrons. The van der Waals surface area contributed by atoms with E-state index in [1.807, 2.05) is 44.3 Å². The molecule has 5 nitrogen and oxygen atoms in total. The van der Waals surface area contributed by atoms with E-state index in [0.717, 1.165) is 16.5 Å². The number of rotatable bonds is 5. The van der Waals surface area contributed by atoms with E-state index in [0.29, 0.717) is 0 Å². The van der Waals surface area contributed by atoms with Crippen LogP contribution in [0.25, 0.3) is 10.9 Å². The van der Waals surface area contributed by atoms with Gasteiger partial charge in [-0.25, -0.2) is 0 Å². The maximum Gasteiger partial charge on any atom is 0.240 e. The molecule has 5 heteroatoms. The summed E-state index contributed by atoms with van der Waals surface area (Å²) in [6.45, 7) is 3.70. The third-order valence-electron chi connectivity index (χ3n) is 3.32. The van der Waals surface area contributed by atoms with Crippen molar-refractivity contribution in [2.24, 2.45) is 11.7 Å². The summed E-state index contributed by atoms with van der Waals surface area (Å²) < 4.78 is 0. The largest absolute Gasteiger partial charge is 0.368 e. The van der Waals surface area contributed by atoms with Gasteiger partial charge in [-0.15, -0.1) is 0 Å². The summed E-state index contributed by atoms with van der Waals surface area (Å²) >= 11 is 0. The van der Waals surface area contributed by atoms with Crippen molar-refractivity contribution in [3.05, 3.63) is 36.0 Å². The van der Waals surface area contributed by atoms with E-state index in [1.54, 1.807) is 0 Å². The van der Waals surface area contributed by atoms with Gasteiger partial charge in [-0.1, -0.05) is 32.0 Å². The van der Waals surface area contributed by atoms with Gasteiger partial charge in [0.05, 0.1) is 6.42 Å². The molecule has 4 N–H and O–H groups in total. The van der Waals surface area contributed by atoms with Crippen LogP contribution in [0.4, 0.5) is 0 Å². The van der Waals surface area contributed by atoms with Gasteiger partial charge in [-0.05, 0) is 17.5 Å². The van der Waals surface area contributed by atoms with Crippen LogP contribution in [0.15, 0.2) is 30.5 Å². The summed E-state index contributed by atoms with van der Waals surface area (Å²) in [5, 5.41) is 3.71. The molecule has 0 unspecified atom stereocenters. The summed E-state index contributed by atoms with van der Waals surface area (Å²) in [7, 11) is 0. The van der Waals surface area contributed by atoms with E-state index in [1.165, 1.54) is 0 Å². The van der Waals surface area contributed by atoms with Crippen LogP contribution < -0.4 is 11.1 Å². The number of H-pyrrole nitrogens is 1. The Labute approximate surface area is 117 Å². The molecule has 1 heterocycles. The summed E-state index contributed by atoms with van der Waals surface area (Å²) in [6.07, 6.45) is 2.04. The molecule has 0 saturated heterocycles. The van der Waals surface area contributed by atoms with E-state index in [-0.39, 0.29) is 18.2 Å². The second-order valence-electron chi connectivity index (χ2n) is 5.23. The van der Waals surface area contributed by atoms with Gasteiger partial charge in [-0.3, -0.25) is 9.59 Å². The highest BCUT2D eigenvalue weighted by Gasteiger charge is 2.21. The number of hydrogen-bond acceptors (Lipinski definition) is 2. The highest BCUT2D eigenvalue weighted by molar-refractivity contribution is 5.91.